The summed E-state index contributed by atoms with van der Waals surface area (Å²) < 4.78 is 0. The van der Waals surface area contributed by atoms with E-state index in [1.165, 1.54) is 7.05 Å². The SMILES string of the molecule is CCNC(=O)N(C)N(O)O. The van der Waals surface area contributed by atoms with E-state index in [9.17, 15) is 4.79 Å². The van der Waals surface area contributed by atoms with Gasteiger partial charge in [0.05, 0.1) is 0 Å². The monoisotopic (exact) mass is 149 g/mol. The lowest BCUT2D eigenvalue weighted by Gasteiger charge is -2.19. The predicted octanol–water partition coefficient (Wildman–Crippen LogP) is -0.357. The molecule has 0 saturated heterocycles. The summed E-state index contributed by atoms with van der Waals surface area (Å²) in [6, 6.07) is -0.576. The number of urea groups is 1. The predicted molar refractivity (Wildman–Crippen MR) is 32.2 cm³/mol. The Bertz CT molecular complexity index is 116. The highest BCUT2D eigenvalue weighted by Gasteiger charge is 2.10. The first-order valence-corrected chi connectivity index (χ1v) is 2.79. The minimum Gasteiger partial charge on any atom is -0.337 e. The van der Waals surface area contributed by atoms with Gasteiger partial charge in [0.1, 0.15) is 0 Å². The summed E-state index contributed by atoms with van der Waals surface area (Å²) in [7, 11) is 1.21. The number of carbonyl (C=O) groups is 1. The van der Waals surface area contributed by atoms with E-state index in [-0.39, 0.29) is 5.34 Å². The van der Waals surface area contributed by atoms with Crippen LogP contribution in [0, 0.1) is 0 Å². The smallest absolute Gasteiger partial charge is 0.335 e. The Morgan fingerprint density at radius 2 is 2.10 bits per heavy atom. The van der Waals surface area contributed by atoms with Crippen LogP contribution >= 0.6 is 0 Å². The summed E-state index contributed by atoms with van der Waals surface area (Å²) >= 11 is 0. The second kappa shape index (κ2) is 4.04. The number of hydrazine groups is 1. The first-order valence-electron chi connectivity index (χ1n) is 2.79. The van der Waals surface area contributed by atoms with Crippen LogP contribution in [0.15, 0.2) is 0 Å². The van der Waals surface area contributed by atoms with Crippen molar-refractivity contribution in [1.29, 1.82) is 0 Å². The molecule has 2 amide bonds. The zero-order chi connectivity index (χ0) is 8.15. The van der Waals surface area contributed by atoms with Crippen molar-refractivity contribution in [2.75, 3.05) is 13.6 Å². The Kier molecular flexibility index (Phi) is 3.70. The molecule has 0 fully saturated rings. The van der Waals surface area contributed by atoms with Crippen molar-refractivity contribution in [2.45, 2.75) is 6.92 Å². The van der Waals surface area contributed by atoms with Gasteiger partial charge in [-0.3, -0.25) is 10.4 Å². The average molecular weight is 149 g/mol. The van der Waals surface area contributed by atoms with Crippen LogP contribution in [0.4, 0.5) is 4.79 Å². The highest BCUT2D eigenvalue weighted by atomic mass is 16.8. The molecular formula is C4H11N3O3. The molecule has 0 bridgehead atoms. The second-order valence-electron chi connectivity index (χ2n) is 1.63. The summed E-state index contributed by atoms with van der Waals surface area (Å²) in [6.07, 6.45) is 0. The second-order valence-corrected chi connectivity index (χ2v) is 1.63. The van der Waals surface area contributed by atoms with Crippen molar-refractivity contribution in [3.63, 3.8) is 0 Å². The van der Waals surface area contributed by atoms with Crippen molar-refractivity contribution in [1.82, 2.24) is 15.7 Å². The molecule has 3 N–H and O–H groups in total. The molecule has 0 aromatic heterocycles. The van der Waals surface area contributed by atoms with Gasteiger partial charge in [0.2, 0.25) is 0 Å². The first kappa shape index (κ1) is 9.15. The van der Waals surface area contributed by atoms with E-state index < -0.39 is 6.03 Å². The Morgan fingerprint density at radius 3 is 2.40 bits per heavy atom. The van der Waals surface area contributed by atoms with Gasteiger partial charge in [-0.15, -0.1) is 0 Å². The summed E-state index contributed by atoms with van der Waals surface area (Å²) in [5.74, 6) is 0. The van der Waals surface area contributed by atoms with Crippen LogP contribution in [0.2, 0.25) is 0 Å². The zero-order valence-corrected chi connectivity index (χ0v) is 5.90. The van der Waals surface area contributed by atoms with Gasteiger partial charge in [0.15, 0.2) is 0 Å². The van der Waals surface area contributed by atoms with Gasteiger partial charge in [0.25, 0.3) is 0 Å². The minimum absolute atomic E-state index is 0.287. The van der Waals surface area contributed by atoms with Crippen molar-refractivity contribution in [3.05, 3.63) is 0 Å². The van der Waals surface area contributed by atoms with Gasteiger partial charge >= 0.3 is 6.03 Å². The van der Waals surface area contributed by atoms with Crippen LogP contribution in [0.5, 0.6) is 0 Å². The van der Waals surface area contributed by atoms with E-state index in [2.05, 4.69) is 5.32 Å². The minimum atomic E-state index is -0.576. The van der Waals surface area contributed by atoms with Crippen molar-refractivity contribution in [3.8, 4) is 0 Å². The molecule has 10 heavy (non-hydrogen) atoms. The zero-order valence-electron chi connectivity index (χ0n) is 5.90. The first-order chi connectivity index (χ1) is 4.59. The number of hydrogen-bond acceptors (Lipinski definition) is 4. The lowest BCUT2D eigenvalue weighted by Crippen LogP contribution is -2.45. The summed E-state index contributed by atoms with van der Waals surface area (Å²) in [5.41, 5.74) is 0. The van der Waals surface area contributed by atoms with Crippen LogP contribution < -0.4 is 5.32 Å². The van der Waals surface area contributed by atoms with E-state index >= 15 is 0 Å². The Labute approximate surface area is 58.5 Å². The summed E-state index contributed by atoms with van der Waals surface area (Å²) in [6.45, 7) is 2.17. The molecule has 0 heterocycles. The van der Waals surface area contributed by atoms with Crippen LogP contribution in [0.3, 0.4) is 0 Å². The molecule has 60 valence electrons. The van der Waals surface area contributed by atoms with Gasteiger partial charge in [-0.05, 0) is 6.92 Å². The van der Waals surface area contributed by atoms with Gasteiger partial charge in [-0.25, -0.2) is 9.80 Å². The van der Waals surface area contributed by atoms with Crippen LogP contribution in [0.1, 0.15) is 6.92 Å². The van der Waals surface area contributed by atoms with Crippen LogP contribution in [-0.4, -0.2) is 40.4 Å². The van der Waals surface area contributed by atoms with E-state index in [1.807, 2.05) is 0 Å². The summed E-state index contributed by atoms with van der Waals surface area (Å²) in [4.78, 5) is 10.6. The molecule has 0 radical (unpaired) electrons. The normalized spacial score (nSPS) is 9.70. The van der Waals surface area contributed by atoms with E-state index in [0.29, 0.717) is 11.6 Å². The third-order valence-corrected chi connectivity index (χ3v) is 0.890. The maximum Gasteiger partial charge on any atom is 0.335 e. The molecule has 0 aromatic carbocycles. The van der Waals surface area contributed by atoms with Crippen molar-refractivity contribution < 1.29 is 15.2 Å². The van der Waals surface area contributed by atoms with Crippen LogP contribution in [-0.2, 0) is 0 Å². The summed E-state index contributed by atoms with van der Waals surface area (Å²) in [5, 5.41) is 19.2. The molecule has 0 aromatic rings. The molecule has 0 aliphatic carbocycles. The maximum atomic E-state index is 10.6. The fourth-order valence-corrected chi connectivity index (χ4v) is 0.347. The third kappa shape index (κ3) is 2.62. The lowest BCUT2D eigenvalue weighted by molar-refractivity contribution is -0.394. The standard InChI is InChI=1S/C4H11N3O3/c1-3-5-4(8)6(2)7(9)10/h9-10H,3H2,1-2H3,(H,5,8). The molecule has 0 spiro atoms. The van der Waals surface area contributed by atoms with Crippen molar-refractivity contribution in [2.24, 2.45) is 0 Å². The van der Waals surface area contributed by atoms with Gasteiger partial charge in [-0.1, -0.05) is 0 Å². The molecule has 0 aliphatic heterocycles. The Hall–Kier alpha value is -0.850. The fourth-order valence-electron chi connectivity index (χ4n) is 0.347. The number of amides is 2. The molecule has 6 heteroatoms. The number of hydrogen-bond donors (Lipinski definition) is 3. The van der Waals surface area contributed by atoms with Gasteiger partial charge in [-0.2, -0.15) is 0 Å². The topological polar surface area (TPSA) is 76.0 Å². The molecule has 0 unspecified atom stereocenters. The third-order valence-electron chi connectivity index (χ3n) is 0.890. The molecule has 0 rings (SSSR count). The van der Waals surface area contributed by atoms with Crippen molar-refractivity contribution >= 4 is 6.03 Å². The Balaban J connectivity index is 3.71. The maximum absolute atomic E-state index is 10.6. The van der Waals surface area contributed by atoms with E-state index in [0.717, 1.165) is 0 Å². The fraction of sp³-hybridized carbons (Fsp3) is 0.750. The number of rotatable bonds is 2. The molecule has 0 aliphatic rings. The molecular weight excluding hydrogens is 138 g/mol. The number of nitrogens with one attached hydrogen (secondary N) is 1. The highest BCUT2D eigenvalue weighted by molar-refractivity contribution is 5.72. The quantitative estimate of drug-likeness (QED) is 0.469. The largest absolute Gasteiger partial charge is 0.337 e. The van der Waals surface area contributed by atoms with Gasteiger partial charge in [0, 0.05) is 18.9 Å². The number of nitrogens with zero attached hydrogens (tertiary/aromatic N) is 2. The number of carbonyl (C=O) groups excluding carboxylic acids is 1. The highest BCUT2D eigenvalue weighted by Crippen LogP contribution is 1.84. The molecule has 0 atom stereocenters. The van der Waals surface area contributed by atoms with E-state index in [1.54, 1.807) is 6.92 Å². The lowest BCUT2D eigenvalue weighted by atomic mass is 10.7. The molecule has 0 saturated carbocycles. The Morgan fingerprint density at radius 1 is 1.60 bits per heavy atom. The van der Waals surface area contributed by atoms with Gasteiger partial charge < -0.3 is 5.32 Å². The van der Waals surface area contributed by atoms with E-state index in [4.69, 9.17) is 10.4 Å². The average Bonchev–Trinajstić information content (AvgIpc) is 1.87. The van der Waals surface area contributed by atoms with Crippen LogP contribution in [0.25, 0.3) is 0 Å². The molecule has 6 nitrogen and oxygen atoms in total.